The van der Waals surface area contributed by atoms with E-state index in [0.29, 0.717) is 17.2 Å². The second kappa shape index (κ2) is 8.41. The van der Waals surface area contributed by atoms with E-state index in [1.165, 1.54) is 11.8 Å². The third kappa shape index (κ3) is 4.15. The summed E-state index contributed by atoms with van der Waals surface area (Å²) in [6.07, 6.45) is 0. The molecule has 0 saturated carbocycles. The molecule has 1 atom stereocenters. The second-order valence-electron chi connectivity index (χ2n) is 6.67. The molecular weight excluding hydrogens is 420 g/mol. The Balaban J connectivity index is 1.63. The van der Waals surface area contributed by atoms with E-state index in [9.17, 15) is 13.2 Å². The minimum Gasteiger partial charge on any atom is -0.497 e. The maximum Gasteiger partial charge on any atom is 0.261 e. The first-order valence-corrected chi connectivity index (χ1v) is 11.8. The number of sulfonamides is 1. The number of amides is 1. The normalized spacial score (nSPS) is 16.5. The molecule has 1 aliphatic rings. The minimum absolute atomic E-state index is 0.00600. The van der Waals surface area contributed by atoms with Crippen molar-refractivity contribution >= 4 is 39.1 Å². The zero-order valence-corrected chi connectivity index (χ0v) is 17.8. The number of benzene rings is 3. The van der Waals surface area contributed by atoms with Gasteiger partial charge < -0.3 is 4.74 Å². The predicted octanol–water partition coefficient (Wildman–Crippen LogP) is 4.27. The lowest BCUT2D eigenvalue weighted by Gasteiger charge is -2.25. The number of methoxy groups -OCH3 is 1. The topological polar surface area (TPSA) is 75.7 Å². The Bertz CT molecular complexity index is 1170. The van der Waals surface area contributed by atoms with Gasteiger partial charge in [-0.3, -0.25) is 14.4 Å². The summed E-state index contributed by atoms with van der Waals surface area (Å²) in [7, 11) is -2.11. The van der Waals surface area contributed by atoms with Crippen molar-refractivity contribution in [3.8, 4) is 5.75 Å². The molecule has 8 heteroatoms. The van der Waals surface area contributed by atoms with E-state index in [1.54, 1.807) is 60.5 Å². The number of thioether (sulfide) groups is 1. The number of anilines is 2. The lowest BCUT2D eigenvalue weighted by atomic mass is 10.1. The standard InChI is InChI=1S/C22H20N2O4S2/c1-28-19-10-6-9-18(14-19)24-21(25)15-29-22(24)16-7-5-8-17(13-16)23-30(26,27)20-11-3-2-4-12-20/h2-14,22-23H,15H2,1H3. The van der Waals surface area contributed by atoms with Crippen molar-refractivity contribution in [1.82, 2.24) is 0 Å². The largest absolute Gasteiger partial charge is 0.497 e. The van der Waals surface area contributed by atoms with Gasteiger partial charge in [0.2, 0.25) is 5.91 Å². The van der Waals surface area contributed by atoms with Crippen molar-refractivity contribution in [1.29, 1.82) is 0 Å². The number of carbonyl (C=O) groups excluding carboxylic acids is 1. The molecule has 0 spiro atoms. The predicted molar refractivity (Wildman–Crippen MR) is 119 cm³/mol. The number of nitrogens with zero attached hydrogens (tertiary/aromatic N) is 1. The molecule has 4 rings (SSSR count). The van der Waals surface area contributed by atoms with Crippen LogP contribution in [-0.4, -0.2) is 27.2 Å². The van der Waals surface area contributed by atoms with Crippen molar-refractivity contribution in [3.63, 3.8) is 0 Å². The van der Waals surface area contributed by atoms with Gasteiger partial charge in [0.05, 0.1) is 17.8 Å². The molecule has 3 aromatic rings. The Morgan fingerprint density at radius 3 is 2.53 bits per heavy atom. The van der Waals surface area contributed by atoms with Gasteiger partial charge in [0.15, 0.2) is 0 Å². The Morgan fingerprint density at radius 1 is 1.00 bits per heavy atom. The fraction of sp³-hybridized carbons (Fsp3) is 0.136. The van der Waals surface area contributed by atoms with Crippen LogP contribution in [0.5, 0.6) is 5.75 Å². The average Bonchev–Trinajstić information content (AvgIpc) is 3.16. The summed E-state index contributed by atoms with van der Waals surface area (Å²) < 4.78 is 33.2. The van der Waals surface area contributed by atoms with E-state index in [2.05, 4.69) is 4.72 Å². The highest BCUT2D eigenvalue weighted by Gasteiger charge is 2.34. The maximum absolute atomic E-state index is 12.6. The Morgan fingerprint density at radius 2 is 1.77 bits per heavy atom. The van der Waals surface area contributed by atoms with Crippen molar-refractivity contribution in [3.05, 3.63) is 84.4 Å². The first-order valence-electron chi connectivity index (χ1n) is 9.23. The van der Waals surface area contributed by atoms with Crippen LogP contribution in [0.2, 0.25) is 0 Å². The fourth-order valence-corrected chi connectivity index (χ4v) is 5.52. The number of rotatable bonds is 6. The van der Waals surface area contributed by atoms with Crippen molar-refractivity contribution in [2.45, 2.75) is 10.3 Å². The third-order valence-electron chi connectivity index (χ3n) is 4.68. The van der Waals surface area contributed by atoms with Gasteiger partial charge in [0.25, 0.3) is 10.0 Å². The summed E-state index contributed by atoms with van der Waals surface area (Å²) in [6, 6.07) is 22.7. The molecule has 0 aromatic heterocycles. The molecule has 1 N–H and O–H groups in total. The number of hydrogen-bond donors (Lipinski definition) is 1. The van der Waals surface area contributed by atoms with Crippen LogP contribution in [0.4, 0.5) is 11.4 Å². The molecule has 3 aromatic carbocycles. The summed E-state index contributed by atoms with van der Waals surface area (Å²) in [5.74, 6) is 1.01. The van der Waals surface area contributed by atoms with Gasteiger partial charge in [0, 0.05) is 17.4 Å². The lowest BCUT2D eigenvalue weighted by molar-refractivity contribution is -0.115. The fourth-order valence-electron chi connectivity index (χ4n) is 3.28. The van der Waals surface area contributed by atoms with Crippen LogP contribution in [-0.2, 0) is 14.8 Å². The van der Waals surface area contributed by atoms with Crippen molar-refractivity contribution < 1.29 is 17.9 Å². The van der Waals surface area contributed by atoms with Crippen LogP contribution in [0.1, 0.15) is 10.9 Å². The molecule has 1 heterocycles. The van der Waals surface area contributed by atoms with E-state index >= 15 is 0 Å². The number of hydrogen-bond acceptors (Lipinski definition) is 5. The number of ether oxygens (including phenoxy) is 1. The van der Waals surface area contributed by atoms with Gasteiger partial charge in [-0.1, -0.05) is 36.4 Å². The third-order valence-corrected chi connectivity index (χ3v) is 7.29. The van der Waals surface area contributed by atoms with E-state index in [1.807, 2.05) is 30.3 Å². The quantitative estimate of drug-likeness (QED) is 0.619. The first kappa shape index (κ1) is 20.3. The Labute approximate surface area is 179 Å². The zero-order chi connectivity index (χ0) is 21.1. The van der Waals surface area contributed by atoms with Crippen molar-refractivity contribution in [2.75, 3.05) is 22.5 Å². The Hall–Kier alpha value is -2.97. The van der Waals surface area contributed by atoms with Gasteiger partial charge in [-0.05, 0) is 42.0 Å². The SMILES string of the molecule is COc1cccc(N2C(=O)CSC2c2cccc(NS(=O)(=O)c3ccccc3)c2)c1. The van der Waals surface area contributed by atoms with Crippen LogP contribution in [0.25, 0.3) is 0 Å². The molecule has 154 valence electrons. The zero-order valence-electron chi connectivity index (χ0n) is 16.2. The molecule has 0 aliphatic carbocycles. The van der Waals surface area contributed by atoms with Crippen LogP contribution in [0.3, 0.4) is 0 Å². The van der Waals surface area contributed by atoms with E-state index in [0.717, 1.165) is 11.3 Å². The van der Waals surface area contributed by atoms with Gasteiger partial charge in [-0.15, -0.1) is 11.8 Å². The van der Waals surface area contributed by atoms with Gasteiger partial charge in [-0.25, -0.2) is 8.42 Å². The Kier molecular flexibility index (Phi) is 5.69. The van der Waals surface area contributed by atoms with Gasteiger partial charge in [-0.2, -0.15) is 0 Å². The van der Waals surface area contributed by atoms with Crippen molar-refractivity contribution in [2.24, 2.45) is 0 Å². The average molecular weight is 441 g/mol. The van der Waals surface area contributed by atoms with Gasteiger partial charge >= 0.3 is 0 Å². The highest BCUT2D eigenvalue weighted by Crippen LogP contribution is 2.43. The van der Waals surface area contributed by atoms with E-state index in [-0.39, 0.29) is 16.2 Å². The lowest BCUT2D eigenvalue weighted by Crippen LogP contribution is -2.27. The molecule has 6 nitrogen and oxygen atoms in total. The summed E-state index contributed by atoms with van der Waals surface area (Å²) in [5, 5.41) is -0.259. The first-order chi connectivity index (χ1) is 14.5. The smallest absolute Gasteiger partial charge is 0.261 e. The molecule has 1 fully saturated rings. The molecule has 0 radical (unpaired) electrons. The molecule has 1 unspecified atom stereocenters. The number of nitrogens with one attached hydrogen (secondary N) is 1. The molecule has 30 heavy (non-hydrogen) atoms. The van der Waals surface area contributed by atoms with Crippen LogP contribution >= 0.6 is 11.8 Å². The molecule has 1 amide bonds. The molecule has 1 saturated heterocycles. The van der Waals surface area contributed by atoms with Gasteiger partial charge in [0.1, 0.15) is 11.1 Å². The highest BCUT2D eigenvalue weighted by molar-refractivity contribution is 8.00. The molecular formula is C22H20N2O4S2. The summed E-state index contributed by atoms with van der Waals surface area (Å²) in [5.41, 5.74) is 2.02. The molecule has 0 bridgehead atoms. The second-order valence-corrected chi connectivity index (χ2v) is 9.42. The number of carbonyl (C=O) groups is 1. The molecule has 1 aliphatic heterocycles. The van der Waals surface area contributed by atoms with Crippen LogP contribution in [0.15, 0.2) is 83.8 Å². The van der Waals surface area contributed by atoms with E-state index in [4.69, 9.17) is 4.74 Å². The van der Waals surface area contributed by atoms with E-state index < -0.39 is 10.0 Å². The van der Waals surface area contributed by atoms with Crippen LogP contribution < -0.4 is 14.4 Å². The monoisotopic (exact) mass is 440 g/mol. The highest BCUT2D eigenvalue weighted by atomic mass is 32.2. The summed E-state index contributed by atoms with van der Waals surface area (Å²) in [6.45, 7) is 0. The maximum atomic E-state index is 12.6. The summed E-state index contributed by atoms with van der Waals surface area (Å²) in [4.78, 5) is 14.5. The minimum atomic E-state index is -3.69. The van der Waals surface area contributed by atoms with Crippen LogP contribution in [0, 0.1) is 0 Å². The summed E-state index contributed by atoms with van der Waals surface area (Å²) >= 11 is 1.50.